The number of pyridine rings is 1. The van der Waals surface area contributed by atoms with Crippen LogP contribution >= 0.6 is 23.1 Å². The van der Waals surface area contributed by atoms with Gasteiger partial charge >= 0.3 is 0 Å². The molecule has 0 aliphatic heterocycles. The van der Waals surface area contributed by atoms with Crippen LogP contribution < -0.4 is 0 Å². The van der Waals surface area contributed by atoms with Gasteiger partial charge in [0.05, 0.1) is 11.4 Å². The minimum Gasteiger partial charge on any atom is -0.337 e. The van der Waals surface area contributed by atoms with E-state index in [0.717, 1.165) is 58.7 Å². The van der Waals surface area contributed by atoms with Crippen LogP contribution in [0.3, 0.4) is 0 Å². The van der Waals surface area contributed by atoms with Crippen LogP contribution in [0, 0.1) is 6.92 Å². The Labute approximate surface area is 208 Å². The number of nitrogens with zero attached hydrogens (tertiary/aromatic N) is 6. The van der Waals surface area contributed by atoms with Gasteiger partial charge in [0, 0.05) is 36.4 Å². The van der Waals surface area contributed by atoms with Gasteiger partial charge in [-0.25, -0.2) is 4.98 Å². The smallest absolute Gasteiger partial charge is 0.273 e. The lowest BCUT2D eigenvalue weighted by atomic mass is 10.2. The van der Waals surface area contributed by atoms with Crippen LogP contribution in [0.4, 0.5) is 0 Å². The molecular formula is C25H28N6OS2. The number of benzene rings is 1. The number of amides is 1. The number of carbonyl (C=O) groups excluding carboxylic acids is 1. The lowest BCUT2D eigenvalue weighted by molar-refractivity contribution is 0.0750. The number of para-hydroxylation sites is 1. The minimum absolute atomic E-state index is 0.0132. The Balaban J connectivity index is 1.58. The molecule has 0 fully saturated rings. The van der Waals surface area contributed by atoms with E-state index in [1.807, 2.05) is 34.5 Å². The molecule has 1 aromatic carbocycles. The Morgan fingerprint density at radius 2 is 1.79 bits per heavy atom. The zero-order chi connectivity index (χ0) is 23.9. The highest BCUT2D eigenvalue weighted by atomic mass is 32.2. The van der Waals surface area contributed by atoms with Crippen LogP contribution in [0.1, 0.15) is 47.7 Å². The molecule has 3 heterocycles. The third kappa shape index (κ3) is 5.37. The molecule has 0 unspecified atom stereocenters. The average molecular weight is 493 g/mol. The van der Waals surface area contributed by atoms with E-state index in [-0.39, 0.29) is 5.91 Å². The molecule has 1 amide bonds. The van der Waals surface area contributed by atoms with E-state index < -0.39 is 0 Å². The first kappa shape index (κ1) is 24.1. The number of thiazole rings is 1. The molecule has 0 aliphatic rings. The van der Waals surface area contributed by atoms with Crippen LogP contribution in [-0.4, -0.2) is 48.6 Å². The Kier molecular flexibility index (Phi) is 8.08. The quantitative estimate of drug-likeness (QED) is 0.266. The first-order valence-electron chi connectivity index (χ1n) is 11.4. The molecule has 34 heavy (non-hydrogen) atoms. The summed E-state index contributed by atoms with van der Waals surface area (Å²) in [5.74, 6) is 1.39. The number of hydrogen-bond acceptors (Lipinski definition) is 7. The fraction of sp³-hybridized carbons (Fsp3) is 0.320. The van der Waals surface area contributed by atoms with Crippen molar-refractivity contribution in [2.45, 2.75) is 44.5 Å². The lowest BCUT2D eigenvalue weighted by Crippen LogP contribution is -2.32. The maximum absolute atomic E-state index is 12.9. The molecule has 3 aromatic heterocycles. The van der Waals surface area contributed by atoms with E-state index >= 15 is 0 Å². The summed E-state index contributed by atoms with van der Waals surface area (Å²) in [5, 5.41) is 12.5. The summed E-state index contributed by atoms with van der Waals surface area (Å²) < 4.78 is 2.08. The highest BCUT2D eigenvalue weighted by Gasteiger charge is 2.20. The van der Waals surface area contributed by atoms with Gasteiger partial charge in [0.25, 0.3) is 5.91 Å². The van der Waals surface area contributed by atoms with E-state index in [1.54, 1.807) is 24.2 Å². The average Bonchev–Trinajstić information content (AvgIpc) is 3.50. The van der Waals surface area contributed by atoms with Crippen molar-refractivity contribution in [3.63, 3.8) is 0 Å². The molecule has 0 spiro atoms. The summed E-state index contributed by atoms with van der Waals surface area (Å²) in [4.78, 5) is 23.5. The van der Waals surface area contributed by atoms with Gasteiger partial charge in [-0.15, -0.1) is 21.5 Å². The summed E-state index contributed by atoms with van der Waals surface area (Å²) in [6.07, 6.45) is 5.39. The van der Waals surface area contributed by atoms with Gasteiger partial charge in [-0.2, -0.15) is 0 Å². The molecule has 0 saturated heterocycles. The summed E-state index contributed by atoms with van der Waals surface area (Å²) >= 11 is 3.08. The van der Waals surface area contributed by atoms with Gasteiger partial charge in [0.15, 0.2) is 11.0 Å². The molecular weight excluding hydrogens is 464 g/mol. The third-order valence-corrected chi connectivity index (χ3v) is 7.27. The van der Waals surface area contributed by atoms with Crippen molar-refractivity contribution in [3.8, 4) is 17.1 Å². The number of hydrogen-bond donors (Lipinski definition) is 0. The van der Waals surface area contributed by atoms with Gasteiger partial charge in [-0.05, 0) is 43.5 Å². The Morgan fingerprint density at radius 1 is 1.06 bits per heavy atom. The van der Waals surface area contributed by atoms with Gasteiger partial charge in [0.2, 0.25) is 0 Å². The second-order valence-corrected chi connectivity index (χ2v) is 9.76. The predicted octanol–water partition coefficient (Wildman–Crippen LogP) is 5.65. The molecule has 0 aliphatic carbocycles. The summed E-state index contributed by atoms with van der Waals surface area (Å²) in [6.45, 7) is 7.77. The highest BCUT2D eigenvalue weighted by Crippen LogP contribution is 2.31. The van der Waals surface area contributed by atoms with Crippen molar-refractivity contribution >= 4 is 29.0 Å². The molecule has 0 bridgehead atoms. The molecule has 0 atom stereocenters. The number of aromatic nitrogens is 5. The van der Waals surface area contributed by atoms with Gasteiger partial charge in [0.1, 0.15) is 10.7 Å². The number of aryl methyl sites for hydroxylation is 1. The monoisotopic (exact) mass is 492 g/mol. The van der Waals surface area contributed by atoms with Crippen LogP contribution in [0.25, 0.3) is 17.1 Å². The fourth-order valence-electron chi connectivity index (χ4n) is 3.70. The predicted molar refractivity (Wildman–Crippen MR) is 137 cm³/mol. The Morgan fingerprint density at radius 3 is 2.50 bits per heavy atom. The molecule has 4 aromatic rings. The largest absolute Gasteiger partial charge is 0.337 e. The summed E-state index contributed by atoms with van der Waals surface area (Å²) in [6, 6.07) is 12.1. The fourth-order valence-corrected chi connectivity index (χ4v) is 5.43. The van der Waals surface area contributed by atoms with Crippen LogP contribution in [0.5, 0.6) is 0 Å². The third-order valence-electron chi connectivity index (χ3n) is 5.30. The molecule has 176 valence electrons. The van der Waals surface area contributed by atoms with Crippen molar-refractivity contribution < 1.29 is 4.79 Å². The van der Waals surface area contributed by atoms with Crippen molar-refractivity contribution in [3.05, 3.63) is 70.4 Å². The molecule has 0 saturated carbocycles. The summed E-state index contributed by atoms with van der Waals surface area (Å²) in [7, 11) is 0. The van der Waals surface area contributed by atoms with Gasteiger partial charge in [-0.3, -0.25) is 14.3 Å². The van der Waals surface area contributed by atoms with Crippen LogP contribution in [0.15, 0.2) is 59.3 Å². The van der Waals surface area contributed by atoms with E-state index in [4.69, 9.17) is 0 Å². The summed E-state index contributed by atoms with van der Waals surface area (Å²) in [5.41, 5.74) is 3.65. The second kappa shape index (κ2) is 11.4. The van der Waals surface area contributed by atoms with Crippen molar-refractivity contribution in [2.75, 3.05) is 13.1 Å². The minimum atomic E-state index is 0.0132. The maximum Gasteiger partial charge on any atom is 0.273 e. The van der Waals surface area contributed by atoms with Crippen molar-refractivity contribution in [2.24, 2.45) is 0 Å². The SMILES string of the molecule is CCCN(CCC)C(=O)c1csc(CSc2nnc(-c3ccncc3)n2-c2ccccc2C)n1. The highest BCUT2D eigenvalue weighted by molar-refractivity contribution is 7.98. The van der Waals surface area contributed by atoms with Crippen LogP contribution in [0.2, 0.25) is 0 Å². The van der Waals surface area contributed by atoms with E-state index in [9.17, 15) is 4.79 Å². The molecule has 9 heteroatoms. The Bertz CT molecular complexity index is 1230. The Hall–Kier alpha value is -3.04. The first-order valence-corrected chi connectivity index (χ1v) is 13.3. The van der Waals surface area contributed by atoms with Crippen LogP contribution in [-0.2, 0) is 5.75 Å². The van der Waals surface area contributed by atoms with Gasteiger partial charge < -0.3 is 4.90 Å². The molecule has 0 N–H and O–H groups in total. The number of rotatable bonds is 10. The van der Waals surface area contributed by atoms with E-state index in [1.165, 1.54) is 11.3 Å². The standard InChI is InChI=1S/C25H28N6OS2/c1-4-14-30(15-5-2)24(32)20-16-33-22(27-20)17-34-25-29-28-23(19-10-12-26-13-11-19)31(25)21-9-7-6-8-18(21)3/h6-13,16H,4-5,14-15,17H2,1-3H3. The van der Waals surface area contributed by atoms with Crippen molar-refractivity contribution in [1.82, 2.24) is 29.6 Å². The van der Waals surface area contributed by atoms with E-state index in [0.29, 0.717) is 11.4 Å². The number of carbonyl (C=O) groups is 1. The normalized spacial score (nSPS) is 11.0. The maximum atomic E-state index is 12.9. The molecule has 4 rings (SSSR count). The molecule has 0 radical (unpaired) electrons. The lowest BCUT2D eigenvalue weighted by Gasteiger charge is -2.20. The van der Waals surface area contributed by atoms with Crippen molar-refractivity contribution in [1.29, 1.82) is 0 Å². The number of thioether (sulfide) groups is 1. The first-order chi connectivity index (χ1) is 16.6. The zero-order valence-corrected chi connectivity index (χ0v) is 21.3. The molecule has 7 nitrogen and oxygen atoms in total. The van der Waals surface area contributed by atoms with Gasteiger partial charge in [-0.1, -0.05) is 43.8 Å². The van der Waals surface area contributed by atoms with E-state index in [2.05, 4.69) is 57.6 Å². The second-order valence-electron chi connectivity index (χ2n) is 7.87. The topological polar surface area (TPSA) is 76.8 Å². The zero-order valence-electron chi connectivity index (χ0n) is 19.6.